The fraction of sp³-hybridized carbons (Fsp3) is 0.875. The van der Waals surface area contributed by atoms with E-state index >= 15 is 0 Å². The second-order valence-corrected chi connectivity index (χ2v) is 6.33. The molecule has 2 rings (SSSR count). The normalized spacial score (nSPS) is 28.8. The van der Waals surface area contributed by atoms with Gasteiger partial charge in [0.25, 0.3) is 0 Å². The van der Waals surface area contributed by atoms with Crippen molar-refractivity contribution in [3.8, 4) is 0 Å². The van der Waals surface area contributed by atoms with Crippen LogP contribution < -0.4 is 0 Å². The zero-order valence-corrected chi connectivity index (χ0v) is 12.6. The Balaban J connectivity index is 1.81. The number of allylic oxidation sites excluding steroid dienone is 1. The minimum atomic E-state index is 0.380. The molecule has 2 aliphatic heterocycles. The number of piperidine rings is 2. The maximum absolute atomic E-state index is 9.22. The summed E-state index contributed by atoms with van der Waals surface area (Å²) in [6.45, 7) is 10.8. The Kier molecular flexibility index (Phi) is 5.86. The highest BCUT2D eigenvalue weighted by Crippen LogP contribution is 2.23. The zero-order valence-electron chi connectivity index (χ0n) is 12.6. The van der Waals surface area contributed by atoms with Gasteiger partial charge in [-0.1, -0.05) is 11.6 Å². The summed E-state index contributed by atoms with van der Waals surface area (Å²) in [6.07, 6.45) is 7.29. The summed E-state index contributed by atoms with van der Waals surface area (Å²) in [4.78, 5) is 5.28. The highest BCUT2D eigenvalue weighted by molar-refractivity contribution is 4.99. The second-order valence-electron chi connectivity index (χ2n) is 6.33. The molecule has 110 valence electrons. The lowest BCUT2D eigenvalue weighted by Crippen LogP contribution is -2.50. The average molecular weight is 266 g/mol. The molecule has 19 heavy (non-hydrogen) atoms. The van der Waals surface area contributed by atoms with Crippen molar-refractivity contribution < 1.29 is 5.11 Å². The van der Waals surface area contributed by atoms with Crippen LogP contribution in [0.3, 0.4) is 0 Å². The summed E-state index contributed by atoms with van der Waals surface area (Å²) >= 11 is 0. The van der Waals surface area contributed by atoms with Crippen LogP contribution in [-0.2, 0) is 0 Å². The third-order valence-corrected chi connectivity index (χ3v) is 4.87. The van der Waals surface area contributed by atoms with Gasteiger partial charge in [-0.15, -0.1) is 0 Å². The molecule has 1 unspecified atom stereocenters. The molecule has 0 aromatic heterocycles. The van der Waals surface area contributed by atoms with Crippen LogP contribution in [0.4, 0.5) is 0 Å². The van der Waals surface area contributed by atoms with Gasteiger partial charge < -0.3 is 5.11 Å². The van der Waals surface area contributed by atoms with E-state index in [1.54, 1.807) is 0 Å². The van der Waals surface area contributed by atoms with Crippen molar-refractivity contribution in [2.45, 2.75) is 45.6 Å². The number of rotatable bonds is 4. The number of hydrogen-bond donors (Lipinski definition) is 1. The molecule has 3 nitrogen and oxygen atoms in total. The van der Waals surface area contributed by atoms with Gasteiger partial charge in [0.1, 0.15) is 0 Å². The summed E-state index contributed by atoms with van der Waals surface area (Å²) in [7, 11) is 0. The molecule has 2 fully saturated rings. The molecule has 0 bridgehead atoms. The summed E-state index contributed by atoms with van der Waals surface area (Å²) in [6, 6.07) is 0.748. The van der Waals surface area contributed by atoms with E-state index in [2.05, 4.69) is 29.7 Å². The summed E-state index contributed by atoms with van der Waals surface area (Å²) in [5, 5.41) is 9.22. The van der Waals surface area contributed by atoms with Crippen molar-refractivity contribution in [3.63, 3.8) is 0 Å². The van der Waals surface area contributed by atoms with Crippen molar-refractivity contribution in [3.05, 3.63) is 11.6 Å². The fourth-order valence-electron chi connectivity index (χ4n) is 3.42. The Labute approximate surface area is 118 Å². The predicted molar refractivity (Wildman–Crippen MR) is 80.3 cm³/mol. The molecular weight excluding hydrogens is 236 g/mol. The van der Waals surface area contributed by atoms with Crippen LogP contribution in [0, 0.1) is 5.92 Å². The van der Waals surface area contributed by atoms with E-state index in [4.69, 9.17) is 0 Å². The molecule has 0 saturated carbocycles. The van der Waals surface area contributed by atoms with E-state index < -0.39 is 0 Å². The molecule has 0 amide bonds. The van der Waals surface area contributed by atoms with Crippen molar-refractivity contribution >= 4 is 0 Å². The van der Waals surface area contributed by atoms with Gasteiger partial charge in [0.2, 0.25) is 0 Å². The maximum Gasteiger partial charge on any atom is 0.0460 e. The van der Waals surface area contributed by atoms with E-state index in [-0.39, 0.29) is 0 Å². The molecule has 0 spiro atoms. The number of hydrogen-bond acceptors (Lipinski definition) is 3. The number of aliphatic hydroxyl groups excluding tert-OH is 1. The van der Waals surface area contributed by atoms with Crippen LogP contribution in [0.5, 0.6) is 0 Å². The molecule has 0 aliphatic carbocycles. The Morgan fingerprint density at radius 2 is 1.95 bits per heavy atom. The van der Waals surface area contributed by atoms with Gasteiger partial charge in [-0.05, 0) is 65.1 Å². The third kappa shape index (κ3) is 4.30. The van der Waals surface area contributed by atoms with E-state index in [0.717, 1.165) is 12.6 Å². The van der Waals surface area contributed by atoms with E-state index in [9.17, 15) is 5.11 Å². The molecule has 2 aliphatic rings. The highest BCUT2D eigenvalue weighted by atomic mass is 16.3. The summed E-state index contributed by atoms with van der Waals surface area (Å²) in [5.41, 5.74) is 1.49. The SMILES string of the molecule is C/C=C(\C)CN1CCCC(N2CCC(CO)CC2)C1. The second kappa shape index (κ2) is 7.41. The van der Waals surface area contributed by atoms with Crippen LogP contribution in [0.2, 0.25) is 0 Å². The Bertz CT molecular complexity index is 295. The van der Waals surface area contributed by atoms with Crippen molar-refractivity contribution in [1.29, 1.82) is 0 Å². The number of likely N-dealkylation sites (tertiary alicyclic amines) is 2. The molecular formula is C16H30N2O. The highest BCUT2D eigenvalue weighted by Gasteiger charge is 2.28. The van der Waals surface area contributed by atoms with E-state index in [0.29, 0.717) is 12.5 Å². The first kappa shape index (κ1) is 15.0. The number of aliphatic hydroxyl groups is 1. The van der Waals surface area contributed by atoms with Crippen LogP contribution in [-0.4, -0.2) is 60.3 Å². The van der Waals surface area contributed by atoms with Crippen molar-refractivity contribution in [1.82, 2.24) is 9.80 Å². The standard InChI is InChI=1S/C16H30N2O/c1-3-14(2)11-17-8-4-5-16(12-17)18-9-6-15(13-19)7-10-18/h3,15-16,19H,4-13H2,1-2H3/b14-3+. The lowest BCUT2D eigenvalue weighted by Gasteiger charge is -2.42. The molecule has 0 radical (unpaired) electrons. The minimum Gasteiger partial charge on any atom is -0.396 e. The Hall–Kier alpha value is -0.380. The average Bonchev–Trinajstić information content (AvgIpc) is 2.47. The topological polar surface area (TPSA) is 26.7 Å². The largest absolute Gasteiger partial charge is 0.396 e. The van der Waals surface area contributed by atoms with Gasteiger partial charge in [0, 0.05) is 25.7 Å². The lowest BCUT2D eigenvalue weighted by molar-refractivity contribution is 0.0595. The van der Waals surface area contributed by atoms with Crippen LogP contribution in [0.25, 0.3) is 0 Å². The van der Waals surface area contributed by atoms with E-state index in [1.165, 1.54) is 57.4 Å². The minimum absolute atomic E-state index is 0.380. The molecule has 3 heteroatoms. The van der Waals surface area contributed by atoms with Gasteiger partial charge in [-0.25, -0.2) is 0 Å². The first-order chi connectivity index (χ1) is 9.22. The lowest BCUT2D eigenvalue weighted by atomic mass is 9.94. The van der Waals surface area contributed by atoms with E-state index in [1.807, 2.05) is 0 Å². The van der Waals surface area contributed by atoms with Gasteiger partial charge in [0.15, 0.2) is 0 Å². The fourth-order valence-corrected chi connectivity index (χ4v) is 3.42. The van der Waals surface area contributed by atoms with Crippen LogP contribution in [0.1, 0.15) is 39.5 Å². The molecule has 0 aromatic carbocycles. The molecule has 1 atom stereocenters. The molecule has 0 aromatic rings. The Morgan fingerprint density at radius 1 is 1.21 bits per heavy atom. The first-order valence-corrected chi connectivity index (χ1v) is 7.92. The van der Waals surface area contributed by atoms with Gasteiger partial charge in [0.05, 0.1) is 0 Å². The van der Waals surface area contributed by atoms with Crippen LogP contribution >= 0.6 is 0 Å². The molecule has 2 heterocycles. The van der Waals surface area contributed by atoms with Crippen molar-refractivity contribution in [2.75, 3.05) is 39.3 Å². The third-order valence-electron chi connectivity index (χ3n) is 4.87. The summed E-state index contributed by atoms with van der Waals surface area (Å²) < 4.78 is 0. The monoisotopic (exact) mass is 266 g/mol. The van der Waals surface area contributed by atoms with Crippen molar-refractivity contribution in [2.24, 2.45) is 5.92 Å². The number of nitrogens with zero attached hydrogens (tertiary/aromatic N) is 2. The maximum atomic E-state index is 9.22. The van der Waals surface area contributed by atoms with Gasteiger partial charge in [-0.3, -0.25) is 9.80 Å². The Morgan fingerprint density at radius 3 is 2.58 bits per heavy atom. The van der Waals surface area contributed by atoms with Gasteiger partial charge in [-0.2, -0.15) is 0 Å². The smallest absolute Gasteiger partial charge is 0.0460 e. The quantitative estimate of drug-likeness (QED) is 0.790. The zero-order chi connectivity index (χ0) is 13.7. The first-order valence-electron chi connectivity index (χ1n) is 7.92. The summed E-state index contributed by atoms with van der Waals surface area (Å²) in [5.74, 6) is 0.557. The van der Waals surface area contributed by atoms with Gasteiger partial charge >= 0.3 is 0 Å². The predicted octanol–water partition coefficient (Wildman–Crippen LogP) is 2.12. The molecule has 2 saturated heterocycles. The molecule has 1 N–H and O–H groups in total. The van der Waals surface area contributed by atoms with Crippen LogP contribution in [0.15, 0.2) is 11.6 Å².